The number of nitrogens with zero attached hydrogens (tertiary/aromatic N) is 2. The van der Waals surface area contributed by atoms with E-state index in [4.69, 9.17) is 0 Å². The molecule has 26 heavy (non-hydrogen) atoms. The molecule has 0 radical (unpaired) electrons. The molecule has 2 aromatic carbocycles. The Labute approximate surface area is 156 Å². The van der Waals surface area contributed by atoms with Crippen LogP contribution in [0, 0.1) is 13.8 Å². The number of urea groups is 1. The van der Waals surface area contributed by atoms with Gasteiger partial charge in [0.05, 0.1) is 0 Å². The number of carbonyl (C=O) groups is 1. The Morgan fingerprint density at radius 2 is 1.58 bits per heavy atom. The molecule has 1 heterocycles. The molecule has 2 aromatic rings. The van der Waals surface area contributed by atoms with Crippen molar-refractivity contribution in [3.63, 3.8) is 0 Å². The van der Waals surface area contributed by atoms with Gasteiger partial charge in [0.25, 0.3) is 0 Å². The van der Waals surface area contributed by atoms with E-state index in [2.05, 4.69) is 67.4 Å². The second-order valence-corrected chi connectivity index (χ2v) is 7.08. The van der Waals surface area contributed by atoms with Crippen LogP contribution >= 0.6 is 0 Å². The Balaban J connectivity index is 1.57. The third-order valence-corrected chi connectivity index (χ3v) is 5.29. The standard InChI is InChI=1S/C22H29N3O/c1-4-19-11-7-9-18(3)21(19)23-22(26)25-14-12-24(13-15-25)16-20-10-6-5-8-17(20)2/h5-11H,4,12-16H2,1-3H3,(H,23,26). The summed E-state index contributed by atoms with van der Waals surface area (Å²) in [4.78, 5) is 17.1. The van der Waals surface area contributed by atoms with E-state index in [1.165, 1.54) is 16.7 Å². The first kappa shape index (κ1) is 18.5. The van der Waals surface area contributed by atoms with E-state index in [-0.39, 0.29) is 6.03 Å². The highest BCUT2D eigenvalue weighted by Gasteiger charge is 2.22. The van der Waals surface area contributed by atoms with Crippen molar-refractivity contribution in [2.75, 3.05) is 31.5 Å². The van der Waals surface area contributed by atoms with Gasteiger partial charge in [0.1, 0.15) is 0 Å². The zero-order chi connectivity index (χ0) is 18.5. The summed E-state index contributed by atoms with van der Waals surface area (Å²) in [5.41, 5.74) is 5.99. The van der Waals surface area contributed by atoms with Crippen molar-refractivity contribution in [1.82, 2.24) is 9.80 Å². The topological polar surface area (TPSA) is 35.6 Å². The number of hydrogen-bond donors (Lipinski definition) is 1. The average molecular weight is 351 g/mol. The van der Waals surface area contributed by atoms with Crippen LogP contribution in [0.1, 0.15) is 29.2 Å². The van der Waals surface area contributed by atoms with Gasteiger partial charge in [-0.15, -0.1) is 0 Å². The summed E-state index contributed by atoms with van der Waals surface area (Å²) in [5.74, 6) is 0. The zero-order valence-corrected chi connectivity index (χ0v) is 16.1. The van der Waals surface area contributed by atoms with Gasteiger partial charge in [-0.25, -0.2) is 4.79 Å². The molecule has 0 aromatic heterocycles. The molecule has 3 rings (SSSR count). The Morgan fingerprint density at radius 1 is 0.923 bits per heavy atom. The SMILES string of the molecule is CCc1cccc(C)c1NC(=O)N1CCN(Cc2ccccc2C)CC1. The molecule has 0 bridgehead atoms. The molecule has 1 aliphatic heterocycles. The highest BCUT2D eigenvalue weighted by atomic mass is 16.2. The third kappa shape index (κ3) is 4.25. The Hall–Kier alpha value is -2.33. The van der Waals surface area contributed by atoms with Crippen molar-refractivity contribution in [2.24, 2.45) is 0 Å². The number of carbonyl (C=O) groups excluding carboxylic acids is 1. The highest BCUT2D eigenvalue weighted by molar-refractivity contribution is 5.91. The summed E-state index contributed by atoms with van der Waals surface area (Å²) in [6.07, 6.45) is 0.918. The Bertz CT molecular complexity index is 764. The lowest BCUT2D eigenvalue weighted by molar-refractivity contribution is 0.143. The number of nitrogens with one attached hydrogen (secondary N) is 1. The average Bonchev–Trinajstić information content (AvgIpc) is 2.65. The van der Waals surface area contributed by atoms with E-state index >= 15 is 0 Å². The Kier molecular flexibility index (Phi) is 5.94. The van der Waals surface area contributed by atoms with Crippen molar-refractivity contribution in [2.45, 2.75) is 33.7 Å². The number of benzene rings is 2. The minimum Gasteiger partial charge on any atom is -0.322 e. The van der Waals surface area contributed by atoms with Gasteiger partial charge in [-0.3, -0.25) is 4.90 Å². The fourth-order valence-electron chi connectivity index (χ4n) is 3.53. The fourth-order valence-corrected chi connectivity index (χ4v) is 3.53. The van der Waals surface area contributed by atoms with Gasteiger partial charge in [-0.1, -0.05) is 49.4 Å². The molecule has 4 heteroatoms. The number of para-hydroxylation sites is 1. The first-order valence-electron chi connectivity index (χ1n) is 9.49. The Morgan fingerprint density at radius 3 is 2.27 bits per heavy atom. The van der Waals surface area contributed by atoms with E-state index in [0.29, 0.717) is 0 Å². The van der Waals surface area contributed by atoms with Crippen LogP contribution in [0.15, 0.2) is 42.5 Å². The van der Waals surface area contributed by atoms with Crippen molar-refractivity contribution in [1.29, 1.82) is 0 Å². The molecule has 0 spiro atoms. The summed E-state index contributed by atoms with van der Waals surface area (Å²) < 4.78 is 0. The summed E-state index contributed by atoms with van der Waals surface area (Å²) in [6.45, 7) is 10.7. The first-order chi connectivity index (χ1) is 12.6. The number of amides is 2. The third-order valence-electron chi connectivity index (χ3n) is 5.29. The molecule has 4 nitrogen and oxygen atoms in total. The summed E-state index contributed by atoms with van der Waals surface area (Å²) in [6, 6.07) is 14.7. The molecule has 2 amide bonds. The molecule has 1 fully saturated rings. The number of aryl methyl sites for hydroxylation is 3. The molecule has 0 saturated carbocycles. The fraction of sp³-hybridized carbons (Fsp3) is 0.409. The molecule has 1 saturated heterocycles. The minimum absolute atomic E-state index is 0.0181. The van der Waals surface area contributed by atoms with E-state index in [1.54, 1.807) is 0 Å². The second-order valence-electron chi connectivity index (χ2n) is 7.08. The van der Waals surface area contributed by atoms with Crippen LogP contribution in [0.3, 0.4) is 0 Å². The van der Waals surface area contributed by atoms with E-state index in [1.807, 2.05) is 11.0 Å². The second kappa shape index (κ2) is 8.37. The quantitative estimate of drug-likeness (QED) is 0.895. The van der Waals surface area contributed by atoms with Gasteiger partial charge in [0.15, 0.2) is 0 Å². The molecular weight excluding hydrogens is 322 g/mol. The predicted octanol–water partition coefficient (Wildman–Crippen LogP) is 4.22. The number of hydrogen-bond acceptors (Lipinski definition) is 2. The van der Waals surface area contributed by atoms with E-state index < -0.39 is 0 Å². The summed E-state index contributed by atoms with van der Waals surface area (Å²) >= 11 is 0. The molecule has 138 valence electrons. The normalized spacial score (nSPS) is 15.1. The monoisotopic (exact) mass is 351 g/mol. The van der Waals surface area contributed by atoms with Gasteiger partial charge in [0, 0.05) is 38.4 Å². The van der Waals surface area contributed by atoms with Crippen LogP contribution in [-0.2, 0) is 13.0 Å². The first-order valence-corrected chi connectivity index (χ1v) is 9.49. The minimum atomic E-state index is 0.0181. The van der Waals surface area contributed by atoms with Gasteiger partial charge in [-0.2, -0.15) is 0 Å². The molecular formula is C22H29N3O. The smallest absolute Gasteiger partial charge is 0.321 e. The molecule has 0 atom stereocenters. The highest BCUT2D eigenvalue weighted by Crippen LogP contribution is 2.22. The van der Waals surface area contributed by atoms with Gasteiger partial charge >= 0.3 is 6.03 Å². The van der Waals surface area contributed by atoms with Crippen LogP contribution in [0.4, 0.5) is 10.5 Å². The number of rotatable bonds is 4. The van der Waals surface area contributed by atoms with Gasteiger partial charge < -0.3 is 10.2 Å². The predicted molar refractivity (Wildman–Crippen MR) is 108 cm³/mol. The molecule has 1 N–H and O–H groups in total. The van der Waals surface area contributed by atoms with Gasteiger partial charge in [-0.05, 0) is 42.5 Å². The summed E-state index contributed by atoms with van der Waals surface area (Å²) in [7, 11) is 0. The lowest BCUT2D eigenvalue weighted by Gasteiger charge is -2.35. The maximum absolute atomic E-state index is 12.7. The zero-order valence-electron chi connectivity index (χ0n) is 16.1. The van der Waals surface area contributed by atoms with Crippen LogP contribution in [0.25, 0.3) is 0 Å². The van der Waals surface area contributed by atoms with Crippen molar-refractivity contribution in [3.05, 3.63) is 64.7 Å². The lowest BCUT2D eigenvalue weighted by Crippen LogP contribution is -2.49. The van der Waals surface area contributed by atoms with Crippen molar-refractivity contribution in [3.8, 4) is 0 Å². The molecule has 0 unspecified atom stereocenters. The van der Waals surface area contributed by atoms with Crippen LogP contribution in [-0.4, -0.2) is 42.0 Å². The largest absolute Gasteiger partial charge is 0.322 e. The van der Waals surface area contributed by atoms with Gasteiger partial charge in [0.2, 0.25) is 0 Å². The number of anilines is 1. The van der Waals surface area contributed by atoms with Crippen LogP contribution < -0.4 is 5.32 Å². The number of piperazine rings is 1. The molecule has 1 aliphatic rings. The summed E-state index contributed by atoms with van der Waals surface area (Å²) in [5, 5.41) is 3.14. The maximum Gasteiger partial charge on any atom is 0.321 e. The van der Waals surface area contributed by atoms with Crippen LogP contribution in [0.2, 0.25) is 0 Å². The van der Waals surface area contributed by atoms with Crippen LogP contribution in [0.5, 0.6) is 0 Å². The maximum atomic E-state index is 12.7. The van der Waals surface area contributed by atoms with Crippen molar-refractivity contribution >= 4 is 11.7 Å². The van der Waals surface area contributed by atoms with E-state index in [9.17, 15) is 4.79 Å². The van der Waals surface area contributed by atoms with Crippen molar-refractivity contribution < 1.29 is 4.79 Å². The van der Waals surface area contributed by atoms with E-state index in [0.717, 1.165) is 50.4 Å². The molecule has 0 aliphatic carbocycles. The lowest BCUT2D eigenvalue weighted by atomic mass is 10.1.